The minimum Gasteiger partial charge on any atom is -0.336 e. The normalized spacial score (nSPS) is 25.8. The van der Waals surface area contributed by atoms with Crippen LogP contribution in [0.25, 0.3) is 0 Å². The van der Waals surface area contributed by atoms with Crippen LogP contribution in [0, 0.1) is 10.6 Å². The first-order valence-electron chi connectivity index (χ1n) is 7.53. The van der Waals surface area contributed by atoms with Crippen LogP contribution in [0.15, 0.2) is 18.2 Å². The number of fused-ring (bicyclic) bond motifs is 3. The molecular formula is C14H15B3ClFN2S. The molecule has 1 saturated carbocycles. The summed E-state index contributed by atoms with van der Waals surface area (Å²) in [4.78, 5) is 3.36. The quantitative estimate of drug-likeness (QED) is 0.638. The first-order chi connectivity index (χ1) is 10.2. The smallest absolute Gasteiger partial charge is 0.177 e. The zero-order valence-electron chi connectivity index (χ0n) is 12.8. The minimum atomic E-state index is -0.162. The lowest BCUT2D eigenvalue weighted by Gasteiger charge is -2.18. The summed E-state index contributed by atoms with van der Waals surface area (Å²) >= 11 is 11.6. The topological polar surface area (TPSA) is 20.7 Å². The maximum atomic E-state index is 14.4. The third-order valence-electron chi connectivity index (χ3n) is 5.08. The lowest BCUT2D eigenvalue weighted by atomic mass is 9.41. The van der Waals surface area contributed by atoms with Gasteiger partial charge in [0, 0.05) is 34.3 Å². The fourth-order valence-corrected chi connectivity index (χ4v) is 4.39. The van der Waals surface area contributed by atoms with Gasteiger partial charge in [0.2, 0.25) is 0 Å². The van der Waals surface area contributed by atoms with Crippen molar-refractivity contribution in [2.45, 2.75) is 29.4 Å². The van der Waals surface area contributed by atoms with Gasteiger partial charge in [0.25, 0.3) is 0 Å². The van der Waals surface area contributed by atoms with Crippen LogP contribution in [0.1, 0.15) is 29.3 Å². The van der Waals surface area contributed by atoms with Crippen LogP contribution < -0.4 is 0 Å². The van der Waals surface area contributed by atoms with E-state index in [0.29, 0.717) is 10.9 Å². The molecule has 2 atom stereocenters. The van der Waals surface area contributed by atoms with E-state index in [0.717, 1.165) is 23.3 Å². The summed E-state index contributed by atoms with van der Waals surface area (Å²) in [6, 6.07) is 4.87. The highest BCUT2D eigenvalue weighted by Crippen LogP contribution is 2.66. The van der Waals surface area contributed by atoms with Gasteiger partial charge in [0.15, 0.2) is 4.77 Å². The number of halogens is 2. The molecule has 22 heavy (non-hydrogen) atoms. The van der Waals surface area contributed by atoms with E-state index in [9.17, 15) is 4.39 Å². The van der Waals surface area contributed by atoms with Gasteiger partial charge in [-0.1, -0.05) is 16.7 Å². The fraction of sp³-hybridized carbons (Fsp3) is 0.357. The molecule has 0 amide bonds. The van der Waals surface area contributed by atoms with Gasteiger partial charge in [-0.25, -0.2) is 4.39 Å². The summed E-state index contributed by atoms with van der Waals surface area (Å²) in [5, 5.41) is 0.592. The largest absolute Gasteiger partial charge is 0.336 e. The molecule has 0 saturated heterocycles. The van der Waals surface area contributed by atoms with Crippen molar-refractivity contribution in [3.05, 3.63) is 50.8 Å². The average Bonchev–Trinajstić information content (AvgIpc) is 2.90. The molecule has 1 fully saturated rings. The maximum absolute atomic E-state index is 14.4. The predicted molar refractivity (Wildman–Crippen MR) is 97.4 cm³/mol. The van der Waals surface area contributed by atoms with Gasteiger partial charge in [-0.3, -0.25) is 0 Å². The number of H-pyrrole nitrogens is 1. The van der Waals surface area contributed by atoms with Crippen molar-refractivity contribution in [1.29, 1.82) is 0 Å². The number of benzene rings is 1. The molecule has 0 radical (unpaired) electrons. The second kappa shape index (κ2) is 4.32. The average molecular weight is 330 g/mol. The molecule has 2 aliphatic rings. The standard InChI is InChI=1S/C14H15B3ClFN2S/c15-14(16,17)11-10-8-4-13(8,5-21(10)12(22)20-11)7-3-6(18)1-2-9(7)19/h1-3,8H,4-5,15-17H2,(H,20,22)/t8-,13+/m0/s1. The van der Waals surface area contributed by atoms with Crippen LogP contribution in [0.2, 0.25) is 5.02 Å². The van der Waals surface area contributed by atoms with Gasteiger partial charge in [0.05, 0.1) is 23.5 Å². The molecule has 0 bridgehead atoms. The van der Waals surface area contributed by atoms with E-state index in [4.69, 9.17) is 23.8 Å². The number of aromatic nitrogens is 2. The molecular weight excluding hydrogens is 315 g/mol. The molecule has 2 nitrogen and oxygen atoms in total. The van der Waals surface area contributed by atoms with Gasteiger partial charge < -0.3 is 9.55 Å². The summed E-state index contributed by atoms with van der Waals surface area (Å²) in [5.41, 5.74) is 3.02. The summed E-state index contributed by atoms with van der Waals surface area (Å²) in [5.74, 6) is 0.174. The Morgan fingerprint density at radius 1 is 1.41 bits per heavy atom. The second-order valence-electron chi connectivity index (χ2n) is 7.56. The van der Waals surface area contributed by atoms with Crippen LogP contribution in [0.3, 0.4) is 0 Å². The molecule has 2 aromatic rings. The Balaban J connectivity index is 1.86. The van der Waals surface area contributed by atoms with Crippen molar-refractivity contribution in [3.63, 3.8) is 0 Å². The third kappa shape index (κ3) is 1.85. The predicted octanol–water partition coefficient (Wildman–Crippen LogP) is 0.787. The Labute approximate surface area is 141 Å². The number of nitrogens with zero attached hydrogens (tertiary/aromatic N) is 1. The van der Waals surface area contributed by atoms with Gasteiger partial charge in [-0.2, -0.15) is 0 Å². The Hall–Kier alpha value is -0.935. The highest BCUT2D eigenvalue weighted by atomic mass is 35.5. The summed E-state index contributed by atoms with van der Waals surface area (Å²) in [7, 11) is 6.53. The lowest BCUT2D eigenvalue weighted by molar-refractivity contribution is 0.530. The zero-order chi connectivity index (χ0) is 15.9. The van der Waals surface area contributed by atoms with E-state index in [1.807, 2.05) is 0 Å². The number of aromatic amines is 1. The van der Waals surface area contributed by atoms with Crippen molar-refractivity contribution in [3.8, 4) is 0 Å². The van der Waals surface area contributed by atoms with Gasteiger partial charge in [0.1, 0.15) is 5.82 Å². The molecule has 1 N–H and O–H groups in total. The number of hydrogen-bond acceptors (Lipinski definition) is 1. The molecule has 4 rings (SSSR count). The van der Waals surface area contributed by atoms with Gasteiger partial charge >= 0.3 is 0 Å². The highest BCUT2D eigenvalue weighted by molar-refractivity contribution is 7.71. The molecule has 0 spiro atoms. The Morgan fingerprint density at radius 3 is 2.82 bits per heavy atom. The Kier molecular flexibility index (Phi) is 2.88. The fourth-order valence-electron chi connectivity index (χ4n) is 3.96. The summed E-state index contributed by atoms with van der Waals surface area (Å²) in [6.45, 7) is 0.746. The molecule has 1 aliphatic carbocycles. The van der Waals surface area contributed by atoms with E-state index in [1.54, 1.807) is 12.1 Å². The number of imidazole rings is 1. The van der Waals surface area contributed by atoms with Crippen LogP contribution in [-0.4, -0.2) is 33.1 Å². The third-order valence-corrected chi connectivity index (χ3v) is 5.64. The molecule has 0 unspecified atom stereocenters. The first kappa shape index (κ1) is 14.6. The minimum absolute atomic E-state index is 0.000307. The highest BCUT2D eigenvalue weighted by Gasteiger charge is 2.63. The van der Waals surface area contributed by atoms with E-state index >= 15 is 0 Å². The maximum Gasteiger partial charge on any atom is 0.177 e. The van der Waals surface area contributed by atoms with Crippen LogP contribution in [0.4, 0.5) is 4.39 Å². The first-order valence-corrected chi connectivity index (χ1v) is 8.31. The molecule has 110 valence electrons. The van der Waals surface area contributed by atoms with E-state index in [2.05, 4.69) is 33.1 Å². The van der Waals surface area contributed by atoms with E-state index in [1.165, 1.54) is 17.5 Å². The number of rotatable bonds is 2. The van der Waals surface area contributed by atoms with Crippen LogP contribution >= 0.6 is 23.8 Å². The molecule has 1 aromatic heterocycles. The van der Waals surface area contributed by atoms with Crippen molar-refractivity contribution >= 4 is 47.4 Å². The van der Waals surface area contributed by atoms with E-state index in [-0.39, 0.29) is 16.3 Å². The zero-order valence-corrected chi connectivity index (χ0v) is 14.4. The van der Waals surface area contributed by atoms with Crippen molar-refractivity contribution < 1.29 is 4.39 Å². The van der Waals surface area contributed by atoms with E-state index < -0.39 is 0 Å². The molecule has 8 heteroatoms. The summed E-state index contributed by atoms with van der Waals surface area (Å²) < 4.78 is 17.3. The summed E-state index contributed by atoms with van der Waals surface area (Å²) in [6.07, 6.45) is 0.972. The second-order valence-corrected chi connectivity index (χ2v) is 8.39. The van der Waals surface area contributed by atoms with Gasteiger partial charge in [-0.15, -0.1) is 0 Å². The lowest BCUT2D eigenvalue weighted by Crippen LogP contribution is -2.29. The van der Waals surface area contributed by atoms with Gasteiger partial charge in [-0.05, 0) is 42.4 Å². The van der Waals surface area contributed by atoms with Crippen molar-refractivity contribution in [1.82, 2.24) is 9.55 Å². The van der Waals surface area contributed by atoms with Crippen molar-refractivity contribution in [2.24, 2.45) is 0 Å². The molecule has 2 heterocycles. The SMILES string of the molecule is BC(B)(B)c1[nH]c(=S)n2c1[C@@H]1C[C@]1(c1cc(Cl)ccc1F)C2. The Morgan fingerprint density at radius 2 is 2.14 bits per heavy atom. The molecule has 1 aromatic carbocycles. The monoisotopic (exact) mass is 330 g/mol. The number of hydrogen-bond donors (Lipinski definition) is 1. The number of nitrogens with one attached hydrogen (secondary N) is 1. The Bertz CT molecular complexity index is 857. The van der Waals surface area contributed by atoms with Crippen molar-refractivity contribution in [2.75, 3.05) is 0 Å². The van der Waals surface area contributed by atoms with Crippen LogP contribution in [0.5, 0.6) is 0 Å². The molecule has 1 aliphatic heterocycles. The van der Waals surface area contributed by atoms with Crippen LogP contribution in [-0.2, 0) is 17.1 Å².